The molecule has 0 atom stereocenters. The monoisotopic (exact) mass is 340 g/mol. The van der Waals surface area contributed by atoms with Crippen LogP contribution in [0.1, 0.15) is 74.2 Å². The Kier molecular flexibility index (Phi) is 4.99. The molecule has 2 aromatic carbocycles. The third kappa shape index (κ3) is 4.41. The van der Waals surface area contributed by atoms with Crippen molar-refractivity contribution in [3.8, 4) is 5.75 Å². The zero-order valence-corrected chi connectivity index (χ0v) is 16.0. The molecule has 0 saturated carbocycles. The van der Waals surface area contributed by atoms with E-state index in [0.29, 0.717) is 17.7 Å². The van der Waals surface area contributed by atoms with Gasteiger partial charge >= 0.3 is 5.97 Å². The predicted molar refractivity (Wildman–Crippen MR) is 102 cm³/mol. The van der Waals surface area contributed by atoms with Crippen LogP contribution in [-0.2, 0) is 17.3 Å². The summed E-state index contributed by atoms with van der Waals surface area (Å²) in [6.07, 6.45) is 0.633. The standard InChI is InChI=1S/C22H28O3/c1-21(2,3)17-12-15(13-18(19(17)23)22(4,5)6)10-14-8-7-9-16(11-14)20(24)25/h7-9,11-13,23H,10H2,1-6H3,(H,24,25). The quantitative estimate of drug-likeness (QED) is 0.799. The van der Waals surface area contributed by atoms with Crippen molar-refractivity contribution in [2.24, 2.45) is 0 Å². The van der Waals surface area contributed by atoms with Crippen LogP contribution in [0.25, 0.3) is 0 Å². The first-order valence-corrected chi connectivity index (χ1v) is 8.58. The summed E-state index contributed by atoms with van der Waals surface area (Å²) in [5.41, 5.74) is 3.81. The fourth-order valence-electron chi connectivity index (χ4n) is 2.99. The van der Waals surface area contributed by atoms with Crippen LogP contribution < -0.4 is 0 Å². The molecule has 3 heteroatoms. The molecular weight excluding hydrogens is 312 g/mol. The summed E-state index contributed by atoms with van der Waals surface area (Å²) >= 11 is 0. The SMILES string of the molecule is CC(C)(C)c1cc(Cc2cccc(C(=O)O)c2)cc(C(C)(C)C)c1O. The molecule has 2 N–H and O–H groups in total. The number of benzene rings is 2. The maximum atomic E-state index is 11.2. The van der Waals surface area contributed by atoms with Gasteiger partial charge in [-0.25, -0.2) is 4.79 Å². The van der Waals surface area contributed by atoms with Crippen molar-refractivity contribution >= 4 is 5.97 Å². The van der Waals surface area contributed by atoms with Crippen LogP contribution >= 0.6 is 0 Å². The zero-order chi connectivity index (χ0) is 19.0. The smallest absolute Gasteiger partial charge is 0.335 e. The van der Waals surface area contributed by atoms with E-state index < -0.39 is 5.97 Å². The van der Waals surface area contributed by atoms with Gasteiger partial charge in [-0.05, 0) is 51.6 Å². The van der Waals surface area contributed by atoms with Gasteiger partial charge in [0.25, 0.3) is 0 Å². The summed E-state index contributed by atoms with van der Waals surface area (Å²) in [5.74, 6) is -0.554. The minimum absolute atomic E-state index is 0.178. The second-order valence-corrected chi connectivity index (χ2v) is 8.72. The topological polar surface area (TPSA) is 57.5 Å². The average molecular weight is 340 g/mol. The summed E-state index contributed by atoms with van der Waals surface area (Å²) in [6, 6.07) is 11.1. The van der Waals surface area contributed by atoms with Crippen molar-refractivity contribution in [3.63, 3.8) is 0 Å². The first kappa shape index (κ1) is 19.0. The average Bonchev–Trinajstić information content (AvgIpc) is 2.46. The lowest BCUT2D eigenvalue weighted by Gasteiger charge is -2.28. The molecule has 2 aromatic rings. The van der Waals surface area contributed by atoms with E-state index in [9.17, 15) is 15.0 Å². The van der Waals surface area contributed by atoms with Gasteiger partial charge in [-0.15, -0.1) is 0 Å². The molecule has 2 rings (SSSR count). The highest BCUT2D eigenvalue weighted by Gasteiger charge is 2.26. The van der Waals surface area contributed by atoms with E-state index in [4.69, 9.17) is 0 Å². The highest BCUT2D eigenvalue weighted by molar-refractivity contribution is 5.87. The molecule has 0 spiro atoms. The van der Waals surface area contributed by atoms with Gasteiger partial charge in [0.2, 0.25) is 0 Å². The fraction of sp³-hybridized carbons (Fsp3) is 0.409. The maximum absolute atomic E-state index is 11.2. The number of hydrogen-bond donors (Lipinski definition) is 2. The van der Waals surface area contributed by atoms with Crippen LogP contribution in [-0.4, -0.2) is 16.2 Å². The largest absolute Gasteiger partial charge is 0.507 e. The van der Waals surface area contributed by atoms with Crippen molar-refractivity contribution < 1.29 is 15.0 Å². The lowest BCUT2D eigenvalue weighted by Crippen LogP contribution is -2.18. The first-order chi connectivity index (χ1) is 11.4. The van der Waals surface area contributed by atoms with E-state index in [1.165, 1.54) is 0 Å². The van der Waals surface area contributed by atoms with Crippen molar-refractivity contribution in [2.75, 3.05) is 0 Å². The summed E-state index contributed by atoms with van der Waals surface area (Å²) in [4.78, 5) is 11.2. The summed E-state index contributed by atoms with van der Waals surface area (Å²) in [6.45, 7) is 12.5. The van der Waals surface area contributed by atoms with Gasteiger partial charge in [0.1, 0.15) is 5.75 Å². The Labute approximate surface area is 150 Å². The normalized spacial score (nSPS) is 12.2. The zero-order valence-electron chi connectivity index (χ0n) is 16.0. The molecule has 0 aromatic heterocycles. The minimum Gasteiger partial charge on any atom is -0.507 e. The van der Waals surface area contributed by atoms with E-state index in [1.807, 2.05) is 18.2 Å². The van der Waals surface area contributed by atoms with Crippen molar-refractivity contribution in [3.05, 3.63) is 64.2 Å². The Morgan fingerprint density at radius 2 is 1.40 bits per heavy atom. The molecule has 134 valence electrons. The van der Waals surface area contributed by atoms with Gasteiger partial charge in [-0.2, -0.15) is 0 Å². The molecule has 0 unspecified atom stereocenters. The second-order valence-electron chi connectivity index (χ2n) is 8.72. The van der Waals surface area contributed by atoms with Crippen LogP contribution in [0.2, 0.25) is 0 Å². The van der Waals surface area contributed by atoms with Crippen LogP contribution in [0.15, 0.2) is 36.4 Å². The van der Waals surface area contributed by atoms with E-state index in [2.05, 4.69) is 41.5 Å². The summed E-state index contributed by atoms with van der Waals surface area (Å²) in [7, 11) is 0. The molecular formula is C22H28O3. The highest BCUT2D eigenvalue weighted by Crippen LogP contribution is 2.40. The molecule has 0 saturated heterocycles. The van der Waals surface area contributed by atoms with E-state index in [1.54, 1.807) is 18.2 Å². The third-order valence-electron chi connectivity index (χ3n) is 4.37. The number of rotatable bonds is 3. The molecule has 0 aliphatic rings. The van der Waals surface area contributed by atoms with Crippen LogP contribution in [0.5, 0.6) is 5.75 Å². The number of hydrogen-bond acceptors (Lipinski definition) is 2. The lowest BCUT2D eigenvalue weighted by atomic mass is 9.78. The molecule has 3 nitrogen and oxygen atoms in total. The molecule has 25 heavy (non-hydrogen) atoms. The number of aromatic carboxylic acids is 1. The third-order valence-corrected chi connectivity index (χ3v) is 4.37. The van der Waals surface area contributed by atoms with Gasteiger partial charge in [0.15, 0.2) is 0 Å². The molecule has 0 aliphatic carbocycles. The number of carboxylic acids is 1. The molecule has 0 aliphatic heterocycles. The Morgan fingerprint density at radius 3 is 1.84 bits per heavy atom. The molecule has 0 amide bonds. The molecule has 0 radical (unpaired) electrons. The van der Waals surface area contributed by atoms with Crippen LogP contribution in [0.4, 0.5) is 0 Å². The fourth-order valence-corrected chi connectivity index (χ4v) is 2.99. The van der Waals surface area contributed by atoms with Gasteiger partial charge in [0.05, 0.1) is 5.56 Å². The lowest BCUT2D eigenvalue weighted by molar-refractivity contribution is 0.0696. The summed E-state index contributed by atoms with van der Waals surface area (Å²) < 4.78 is 0. The molecule has 0 bridgehead atoms. The number of carboxylic acid groups (broad SMARTS) is 1. The second kappa shape index (κ2) is 6.55. The summed E-state index contributed by atoms with van der Waals surface area (Å²) in [5, 5.41) is 20.0. The Hall–Kier alpha value is -2.29. The van der Waals surface area contributed by atoms with E-state index in [-0.39, 0.29) is 10.8 Å². The Morgan fingerprint density at radius 1 is 0.880 bits per heavy atom. The Balaban J connectivity index is 2.55. The number of aromatic hydroxyl groups is 1. The number of phenolic OH excluding ortho intramolecular Hbond substituents is 1. The van der Waals surface area contributed by atoms with Gasteiger partial charge in [0, 0.05) is 0 Å². The maximum Gasteiger partial charge on any atom is 0.335 e. The molecule has 0 fully saturated rings. The van der Waals surface area contributed by atoms with Gasteiger partial charge in [-0.3, -0.25) is 0 Å². The van der Waals surface area contributed by atoms with Gasteiger partial charge < -0.3 is 10.2 Å². The number of carbonyl (C=O) groups is 1. The van der Waals surface area contributed by atoms with E-state index in [0.717, 1.165) is 22.3 Å². The minimum atomic E-state index is -0.918. The Bertz CT molecular complexity index is 755. The van der Waals surface area contributed by atoms with Crippen molar-refractivity contribution in [1.29, 1.82) is 0 Å². The first-order valence-electron chi connectivity index (χ1n) is 8.58. The highest BCUT2D eigenvalue weighted by atomic mass is 16.4. The van der Waals surface area contributed by atoms with Crippen LogP contribution in [0, 0.1) is 0 Å². The predicted octanol–water partition coefficient (Wildman–Crippen LogP) is 5.28. The van der Waals surface area contributed by atoms with Crippen molar-refractivity contribution in [2.45, 2.75) is 58.8 Å². The van der Waals surface area contributed by atoms with Gasteiger partial charge in [-0.1, -0.05) is 65.8 Å². The molecule has 0 heterocycles. The van der Waals surface area contributed by atoms with E-state index >= 15 is 0 Å². The van der Waals surface area contributed by atoms with Crippen molar-refractivity contribution in [1.82, 2.24) is 0 Å². The number of phenols is 1. The van der Waals surface area contributed by atoms with Crippen LogP contribution in [0.3, 0.4) is 0 Å².